The minimum absolute atomic E-state index is 0.0342. The normalized spacial score (nSPS) is 15.9. The lowest BCUT2D eigenvalue weighted by Crippen LogP contribution is -2.50. The monoisotopic (exact) mass is 290 g/mol. The van der Waals surface area contributed by atoms with E-state index in [1.54, 1.807) is 0 Å². The summed E-state index contributed by atoms with van der Waals surface area (Å²) in [5, 5.41) is 3.03. The molecule has 1 amide bonds. The third-order valence-corrected chi connectivity index (χ3v) is 4.02. The van der Waals surface area contributed by atoms with E-state index in [0.29, 0.717) is 19.6 Å². The molecule has 0 radical (unpaired) electrons. The average Bonchev–Trinajstić information content (AvgIpc) is 3.01. The Morgan fingerprint density at radius 2 is 1.90 bits per heavy atom. The van der Waals surface area contributed by atoms with Gasteiger partial charge in [-0.05, 0) is 51.9 Å². The van der Waals surface area contributed by atoms with E-state index >= 15 is 0 Å². The highest BCUT2D eigenvalue weighted by atomic mass is 16.5. The molecule has 1 N–H and O–H groups in total. The molecule has 21 heavy (non-hydrogen) atoms. The maximum Gasteiger partial charge on any atom is 0.223 e. The smallest absolute Gasteiger partial charge is 0.223 e. The maximum absolute atomic E-state index is 11.9. The summed E-state index contributed by atoms with van der Waals surface area (Å²) in [6.45, 7) is 7.77. The van der Waals surface area contributed by atoms with E-state index in [2.05, 4.69) is 24.1 Å². The van der Waals surface area contributed by atoms with Gasteiger partial charge in [-0.3, -0.25) is 9.69 Å². The highest BCUT2D eigenvalue weighted by molar-refractivity contribution is 5.76. The van der Waals surface area contributed by atoms with Crippen molar-refractivity contribution >= 4 is 5.91 Å². The zero-order chi connectivity index (χ0) is 15.1. The second-order valence-electron chi connectivity index (χ2n) is 6.19. The Kier molecular flexibility index (Phi) is 5.62. The van der Waals surface area contributed by atoms with Crippen molar-refractivity contribution in [2.24, 2.45) is 0 Å². The number of ether oxygens (including phenoxy) is 1. The molecule has 1 heterocycles. The fourth-order valence-corrected chi connectivity index (χ4v) is 2.62. The number of nitrogens with one attached hydrogen (secondary N) is 1. The number of carbonyl (C=O) groups excluding carboxylic acids is 1. The first kappa shape index (κ1) is 15.8. The standard InChI is InChI=1S/C17H26N2O2/c1-17(2,19-11-6-7-12-19)14-18-16(20)10-13-21-15-8-4-3-5-9-15/h3-5,8-9H,6-7,10-14H2,1-2H3,(H,18,20). The number of amides is 1. The first-order chi connectivity index (χ1) is 10.1. The van der Waals surface area contributed by atoms with Crippen molar-refractivity contribution < 1.29 is 9.53 Å². The Labute approximate surface area is 127 Å². The number of carbonyl (C=O) groups is 1. The Morgan fingerprint density at radius 3 is 2.57 bits per heavy atom. The van der Waals surface area contributed by atoms with Crippen molar-refractivity contribution in [3.8, 4) is 5.75 Å². The van der Waals surface area contributed by atoms with Gasteiger partial charge in [0.25, 0.3) is 0 Å². The van der Waals surface area contributed by atoms with Crippen LogP contribution in [0.4, 0.5) is 0 Å². The van der Waals surface area contributed by atoms with Crippen LogP contribution in [0, 0.1) is 0 Å². The Balaban J connectivity index is 1.65. The molecule has 0 saturated carbocycles. The zero-order valence-electron chi connectivity index (χ0n) is 13.1. The number of likely N-dealkylation sites (tertiary alicyclic amines) is 1. The fourth-order valence-electron chi connectivity index (χ4n) is 2.62. The van der Waals surface area contributed by atoms with Gasteiger partial charge in [0.15, 0.2) is 0 Å². The molecule has 1 aromatic carbocycles. The summed E-state index contributed by atoms with van der Waals surface area (Å²) >= 11 is 0. The zero-order valence-corrected chi connectivity index (χ0v) is 13.1. The molecule has 0 aliphatic carbocycles. The Morgan fingerprint density at radius 1 is 1.24 bits per heavy atom. The number of nitrogens with zero attached hydrogens (tertiary/aromatic N) is 1. The second kappa shape index (κ2) is 7.46. The van der Waals surface area contributed by atoms with Crippen LogP contribution in [0.1, 0.15) is 33.1 Å². The maximum atomic E-state index is 11.9. The molecule has 1 saturated heterocycles. The number of para-hydroxylation sites is 1. The van der Waals surface area contributed by atoms with Gasteiger partial charge in [-0.25, -0.2) is 0 Å². The van der Waals surface area contributed by atoms with Crippen LogP contribution in [-0.2, 0) is 4.79 Å². The molecule has 4 nitrogen and oxygen atoms in total. The van der Waals surface area contributed by atoms with E-state index in [0.717, 1.165) is 18.8 Å². The minimum Gasteiger partial charge on any atom is -0.493 e. The van der Waals surface area contributed by atoms with Gasteiger partial charge < -0.3 is 10.1 Å². The molecule has 0 aromatic heterocycles. The predicted octanol–water partition coefficient (Wildman–Crippen LogP) is 2.45. The number of benzene rings is 1. The molecule has 0 unspecified atom stereocenters. The predicted molar refractivity (Wildman–Crippen MR) is 84.4 cm³/mol. The van der Waals surface area contributed by atoms with Crippen molar-refractivity contribution in [3.63, 3.8) is 0 Å². The third-order valence-electron chi connectivity index (χ3n) is 4.02. The molecule has 1 fully saturated rings. The summed E-state index contributed by atoms with van der Waals surface area (Å²) in [4.78, 5) is 14.3. The minimum atomic E-state index is 0.0342. The largest absolute Gasteiger partial charge is 0.493 e. The van der Waals surface area contributed by atoms with Crippen molar-refractivity contribution in [1.29, 1.82) is 0 Å². The average molecular weight is 290 g/mol. The van der Waals surface area contributed by atoms with Crippen molar-refractivity contribution in [3.05, 3.63) is 30.3 Å². The highest BCUT2D eigenvalue weighted by Gasteiger charge is 2.29. The number of hydrogen-bond donors (Lipinski definition) is 1. The van der Waals surface area contributed by atoms with Gasteiger partial charge >= 0.3 is 0 Å². The molecule has 1 aliphatic rings. The van der Waals surface area contributed by atoms with E-state index in [1.165, 1.54) is 12.8 Å². The van der Waals surface area contributed by atoms with Crippen LogP contribution in [0.15, 0.2) is 30.3 Å². The summed E-state index contributed by atoms with van der Waals surface area (Å²) in [6, 6.07) is 9.59. The number of rotatable bonds is 7. The van der Waals surface area contributed by atoms with Gasteiger partial charge in [-0.1, -0.05) is 18.2 Å². The van der Waals surface area contributed by atoms with Crippen LogP contribution in [0.5, 0.6) is 5.75 Å². The van der Waals surface area contributed by atoms with Crippen LogP contribution in [0.2, 0.25) is 0 Å². The van der Waals surface area contributed by atoms with Gasteiger partial charge in [-0.15, -0.1) is 0 Å². The first-order valence-electron chi connectivity index (χ1n) is 7.77. The van der Waals surface area contributed by atoms with Gasteiger partial charge in [0, 0.05) is 12.1 Å². The summed E-state index contributed by atoms with van der Waals surface area (Å²) in [7, 11) is 0. The van der Waals surface area contributed by atoms with Crippen LogP contribution in [0.3, 0.4) is 0 Å². The van der Waals surface area contributed by atoms with E-state index in [4.69, 9.17) is 4.74 Å². The second-order valence-corrected chi connectivity index (χ2v) is 6.19. The van der Waals surface area contributed by atoms with Crippen LogP contribution in [0.25, 0.3) is 0 Å². The van der Waals surface area contributed by atoms with Gasteiger partial charge in [0.05, 0.1) is 13.0 Å². The van der Waals surface area contributed by atoms with Gasteiger partial charge in [0.1, 0.15) is 5.75 Å². The lowest BCUT2D eigenvalue weighted by atomic mass is 10.0. The summed E-state index contributed by atoms with van der Waals surface area (Å²) < 4.78 is 5.54. The van der Waals surface area contributed by atoms with Crippen LogP contribution in [-0.4, -0.2) is 42.6 Å². The molecule has 1 aliphatic heterocycles. The summed E-state index contributed by atoms with van der Waals surface area (Å²) in [6.07, 6.45) is 2.93. The van der Waals surface area contributed by atoms with Gasteiger partial charge in [-0.2, -0.15) is 0 Å². The number of hydrogen-bond acceptors (Lipinski definition) is 3. The van der Waals surface area contributed by atoms with E-state index in [-0.39, 0.29) is 11.4 Å². The van der Waals surface area contributed by atoms with Gasteiger partial charge in [0.2, 0.25) is 5.91 Å². The lowest BCUT2D eigenvalue weighted by molar-refractivity contribution is -0.122. The third kappa shape index (κ3) is 5.05. The topological polar surface area (TPSA) is 41.6 Å². The SMILES string of the molecule is CC(C)(CNC(=O)CCOc1ccccc1)N1CCCC1. The van der Waals surface area contributed by atoms with Crippen LogP contribution >= 0.6 is 0 Å². The molecular formula is C17H26N2O2. The Hall–Kier alpha value is -1.55. The highest BCUT2D eigenvalue weighted by Crippen LogP contribution is 2.20. The molecule has 0 spiro atoms. The summed E-state index contributed by atoms with van der Waals surface area (Å²) in [5.41, 5.74) is 0.0342. The molecule has 2 rings (SSSR count). The molecule has 0 atom stereocenters. The molecule has 0 bridgehead atoms. The fraction of sp³-hybridized carbons (Fsp3) is 0.588. The van der Waals surface area contributed by atoms with Crippen molar-refractivity contribution in [2.75, 3.05) is 26.2 Å². The quantitative estimate of drug-likeness (QED) is 0.838. The molecule has 116 valence electrons. The Bertz CT molecular complexity index is 439. The molecular weight excluding hydrogens is 264 g/mol. The van der Waals surface area contributed by atoms with Crippen LogP contribution < -0.4 is 10.1 Å². The van der Waals surface area contributed by atoms with E-state index < -0.39 is 0 Å². The molecule has 4 heteroatoms. The molecule has 1 aromatic rings. The van der Waals surface area contributed by atoms with E-state index in [1.807, 2.05) is 30.3 Å². The van der Waals surface area contributed by atoms with E-state index in [9.17, 15) is 4.79 Å². The summed E-state index contributed by atoms with van der Waals surface area (Å²) in [5.74, 6) is 0.862. The van der Waals surface area contributed by atoms with Crippen molar-refractivity contribution in [1.82, 2.24) is 10.2 Å². The van der Waals surface area contributed by atoms with Crippen molar-refractivity contribution in [2.45, 2.75) is 38.6 Å². The lowest BCUT2D eigenvalue weighted by Gasteiger charge is -2.35. The first-order valence-corrected chi connectivity index (χ1v) is 7.77.